The van der Waals surface area contributed by atoms with Crippen LogP contribution in [-0.4, -0.2) is 25.4 Å². The monoisotopic (exact) mass is 295 g/mol. The first-order valence-electron chi connectivity index (χ1n) is 7.10. The molecule has 2 aromatic carbocycles. The van der Waals surface area contributed by atoms with Gasteiger partial charge in [-0.2, -0.15) is 0 Å². The Morgan fingerprint density at radius 1 is 1.09 bits per heavy atom. The molecule has 112 valence electrons. The number of fused-ring (bicyclic) bond motifs is 1. The first-order chi connectivity index (χ1) is 10.8. The number of ether oxygens (including phenoxy) is 1. The molecule has 0 spiro atoms. The van der Waals surface area contributed by atoms with Gasteiger partial charge in [-0.05, 0) is 36.4 Å². The highest BCUT2D eigenvalue weighted by Gasteiger charge is 2.05. The molecule has 0 aliphatic carbocycles. The van der Waals surface area contributed by atoms with E-state index in [-0.39, 0.29) is 6.61 Å². The Hall–Kier alpha value is -2.59. The van der Waals surface area contributed by atoms with Gasteiger partial charge in [0, 0.05) is 17.0 Å². The average Bonchev–Trinajstić information content (AvgIpc) is 2.59. The summed E-state index contributed by atoms with van der Waals surface area (Å²) in [6.45, 7) is 0.397. The molecule has 0 atom stereocenters. The van der Waals surface area contributed by atoms with Crippen molar-refractivity contribution in [3.05, 3.63) is 60.0 Å². The lowest BCUT2D eigenvalue weighted by Gasteiger charge is -2.06. The number of aliphatic hydroxyl groups excluding tert-OH is 1. The van der Waals surface area contributed by atoms with Gasteiger partial charge in [-0.25, -0.2) is 0 Å². The van der Waals surface area contributed by atoms with E-state index in [0.29, 0.717) is 6.54 Å². The summed E-state index contributed by atoms with van der Waals surface area (Å²) in [5.74, 6) is 1.53. The van der Waals surface area contributed by atoms with E-state index in [1.807, 2.05) is 54.6 Å². The summed E-state index contributed by atoms with van der Waals surface area (Å²) in [6.07, 6.45) is 0. The molecule has 22 heavy (non-hydrogen) atoms. The van der Waals surface area contributed by atoms with Crippen LogP contribution < -0.4 is 10.1 Å². The van der Waals surface area contributed by atoms with Gasteiger partial charge >= 0.3 is 0 Å². The lowest BCUT2D eigenvalue weighted by molar-refractivity contribution is 0.306. The fraction of sp³-hybridized carbons (Fsp3) is 0.167. The van der Waals surface area contributed by atoms with Gasteiger partial charge in [0.25, 0.3) is 0 Å². The van der Waals surface area contributed by atoms with Crippen LogP contribution in [0, 0.1) is 0 Å². The largest absolute Gasteiger partial charge is 0.497 e. The van der Waals surface area contributed by atoms with Crippen molar-refractivity contribution in [1.29, 1.82) is 0 Å². The number of nitrogens with zero attached hydrogens (tertiary/aromatic N) is 1. The Labute approximate surface area is 128 Å². The molecule has 0 aliphatic rings. The molecule has 1 heterocycles. The molecule has 0 fully saturated rings. The van der Waals surface area contributed by atoms with Crippen molar-refractivity contribution in [1.82, 2.24) is 0 Å². The van der Waals surface area contributed by atoms with E-state index in [1.165, 1.54) is 0 Å². The van der Waals surface area contributed by atoms with Gasteiger partial charge < -0.3 is 14.3 Å². The van der Waals surface area contributed by atoms with Gasteiger partial charge in [-0.3, -0.25) is 4.99 Å². The van der Waals surface area contributed by atoms with Crippen molar-refractivity contribution in [3.63, 3.8) is 0 Å². The van der Waals surface area contributed by atoms with Crippen molar-refractivity contribution in [2.45, 2.75) is 0 Å². The topological polar surface area (TPSA) is 55.0 Å². The van der Waals surface area contributed by atoms with Crippen molar-refractivity contribution in [2.24, 2.45) is 4.99 Å². The zero-order valence-electron chi connectivity index (χ0n) is 12.3. The highest BCUT2D eigenvalue weighted by atomic mass is 16.5. The second-order valence-electron chi connectivity index (χ2n) is 4.83. The lowest BCUT2D eigenvalue weighted by atomic mass is 10.1. The van der Waals surface area contributed by atoms with Gasteiger partial charge in [-0.1, -0.05) is 12.1 Å². The number of hydrogen-bond acceptors (Lipinski definition) is 4. The fourth-order valence-corrected chi connectivity index (χ4v) is 2.32. The van der Waals surface area contributed by atoms with Crippen LogP contribution in [-0.2, 0) is 0 Å². The van der Waals surface area contributed by atoms with Crippen LogP contribution in [0.15, 0.2) is 64.0 Å². The second-order valence-corrected chi connectivity index (χ2v) is 4.83. The first kappa shape index (κ1) is 14.4. The minimum absolute atomic E-state index is 0.0260. The summed E-state index contributed by atoms with van der Waals surface area (Å²) in [5.41, 5.74) is 1.72. The second kappa shape index (κ2) is 6.45. The number of rotatable bonds is 4. The lowest BCUT2D eigenvalue weighted by Crippen LogP contribution is -2.06. The number of aliphatic hydroxyl groups is 1. The van der Waals surface area contributed by atoms with Crippen LogP contribution in [0.2, 0.25) is 0 Å². The summed E-state index contributed by atoms with van der Waals surface area (Å²) in [5, 5.41) is 10.8. The van der Waals surface area contributed by atoms with Crippen LogP contribution in [0.5, 0.6) is 5.75 Å². The van der Waals surface area contributed by atoms with Gasteiger partial charge in [0.2, 0.25) is 0 Å². The molecular weight excluding hydrogens is 278 g/mol. The van der Waals surface area contributed by atoms with Crippen LogP contribution >= 0.6 is 0 Å². The van der Waals surface area contributed by atoms with Crippen LogP contribution in [0.3, 0.4) is 0 Å². The molecule has 4 nitrogen and oxygen atoms in total. The van der Waals surface area contributed by atoms with Crippen LogP contribution in [0.25, 0.3) is 22.3 Å². The highest BCUT2D eigenvalue weighted by molar-refractivity contribution is 5.78. The van der Waals surface area contributed by atoms with Crippen molar-refractivity contribution < 1.29 is 14.3 Å². The summed E-state index contributed by atoms with van der Waals surface area (Å²) < 4.78 is 11.2. The third-order valence-electron chi connectivity index (χ3n) is 3.41. The first-order valence-corrected chi connectivity index (χ1v) is 7.10. The summed E-state index contributed by atoms with van der Waals surface area (Å²) in [4.78, 5) is 4.44. The van der Waals surface area contributed by atoms with Crippen molar-refractivity contribution in [3.8, 4) is 17.1 Å². The Morgan fingerprint density at radius 3 is 2.59 bits per heavy atom. The molecule has 1 aromatic heterocycles. The summed E-state index contributed by atoms with van der Waals surface area (Å²) in [7, 11) is 1.64. The van der Waals surface area contributed by atoms with E-state index in [1.54, 1.807) is 7.11 Å². The Balaban J connectivity index is 2.17. The predicted octanol–water partition coefficient (Wildman–Crippen LogP) is 3.00. The molecule has 0 radical (unpaired) electrons. The number of methoxy groups -OCH3 is 1. The van der Waals surface area contributed by atoms with E-state index >= 15 is 0 Å². The molecule has 0 unspecified atom stereocenters. The molecule has 0 bridgehead atoms. The standard InChI is InChI=1S/C18H17NO3/c1-21-14-8-6-13(7-9-14)18-12-16(19-10-11-20)15-4-2-3-5-17(15)22-18/h2-9,12,20H,10-11H2,1H3. The van der Waals surface area contributed by atoms with Crippen molar-refractivity contribution >= 4 is 11.0 Å². The molecule has 3 aromatic rings. The van der Waals surface area contributed by atoms with Crippen molar-refractivity contribution in [2.75, 3.05) is 20.3 Å². The maximum absolute atomic E-state index is 9.01. The minimum atomic E-state index is 0.0260. The van der Waals surface area contributed by atoms with Gasteiger partial charge in [0.1, 0.15) is 17.1 Å². The highest BCUT2D eigenvalue weighted by Crippen LogP contribution is 2.24. The van der Waals surface area contributed by atoms with Gasteiger partial charge in [-0.15, -0.1) is 0 Å². The molecule has 0 aliphatic heterocycles. The van der Waals surface area contributed by atoms with E-state index in [2.05, 4.69) is 4.99 Å². The SMILES string of the molecule is COc1ccc(-c2cc(=NCCO)c3ccccc3o2)cc1. The van der Waals surface area contributed by atoms with Crippen LogP contribution in [0.1, 0.15) is 0 Å². The Kier molecular flexibility index (Phi) is 4.21. The Bertz CT molecular complexity index is 835. The molecule has 0 saturated carbocycles. The quantitative estimate of drug-likeness (QED) is 0.805. The van der Waals surface area contributed by atoms with Gasteiger partial charge in [0.15, 0.2) is 0 Å². The van der Waals surface area contributed by atoms with E-state index in [9.17, 15) is 0 Å². The molecule has 3 rings (SSSR count). The molecule has 0 saturated heterocycles. The summed E-state index contributed by atoms with van der Waals surface area (Å²) in [6, 6.07) is 17.3. The maximum atomic E-state index is 9.01. The number of para-hydroxylation sites is 1. The normalized spacial score (nSPS) is 11.8. The van der Waals surface area contributed by atoms with Crippen LogP contribution in [0.4, 0.5) is 0 Å². The van der Waals surface area contributed by atoms with E-state index < -0.39 is 0 Å². The average molecular weight is 295 g/mol. The van der Waals surface area contributed by atoms with E-state index in [4.69, 9.17) is 14.3 Å². The zero-order chi connectivity index (χ0) is 15.4. The van der Waals surface area contributed by atoms with Gasteiger partial charge in [0.05, 0.1) is 25.6 Å². The maximum Gasteiger partial charge on any atom is 0.136 e. The third-order valence-corrected chi connectivity index (χ3v) is 3.41. The molecule has 4 heteroatoms. The Morgan fingerprint density at radius 2 is 1.86 bits per heavy atom. The zero-order valence-corrected chi connectivity index (χ0v) is 12.3. The van der Waals surface area contributed by atoms with E-state index in [0.717, 1.165) is 33.4 Å². The smallest absolute Gasteiger partial charge is 0.136 e. The minimum Gasteiger partial charge on any atom is -0.497 e. The fourth-order valence-electron chi connectivity index (χ4n) is 2.32. The molecular formula is C18H17NO3. The number of benzene rings is 2. The molecule has 1 N–H and O–H groups in total. The third kappa shape index (κ3) is 2.87. The summed E-state index contributed by atoms with van der Waals surface area (Å²) >= 11 is 0. The number of hydrogen-bond donors (Lipinski definition) is 1. The predicted molar refractivity (Wildman–Crippen MR) is 85.7 cm³/mol. The molecule has 0 amide bonds.